The van der Waals surface area contributed by atoms with Crippen LogP contribution in [0.4, 0.5) is 10.5 Å². The van der Waals surface area contributed by atoms with Crippen LogP contribution in [0.5, 0.6) is 0 Å². The van der Waals surface area contributed by atoms with E-state index >= 15 is 0 Å². The molecule has 0 atom stereocenters. The minimum atomic E-state index is -0.762. The van der Waals surface area contributed by atoms with Crippen LogP contribution in [0, 0.1) is 0 Å². The summed E-state index contributed by atoms with van der Waals surface area (Å²) >= 11 is 3.29. The number of ether oxygens (including phenoxy) is 2. The van der Waals surface area contributed by atoms with Crippen LogP contribution in [-0.4, -0.2) is 18.7 Å². The van der Waals surface area contributed by atoms with Crippen LogP contribution >= 0.6 is 15.9 Å². The number of rotatable bonds is 5. The Kier molecular flexibility index (Phi) is 6.10. The Bertz CT molecular complexity index is 1080. The first-order chi connectivity index (χ1) is 13.5. The van der Waals surface area contributed by atoms with Gasteiger partial charge in [0, 0.05) is 10.5 Å². The normalized spacial score (nSPS) is 10.5. The van der Waals surface area contributed by atoms with E-state index in [0.717, 1.165) is 11.6 Å². The molecule has 3 aromatic rings. The third-order valence-electron chi connectivity index (χ3n) is 3.72. The van der Waals surface area contributed by atoms with Gasteiger partial charge < -0.3 is 13.9 Å². The topological polar surface area (TPSA) is 94.8 Å². The van der Waals surface area contributed by atoms with Crippen molar-refractivity contribution in [3.05, 3.63) is 74.6 Å². The molecule has 0 saturated heterocycles. The van der Waals surface area contributed by atoms with Crippen molar-refractivity contribution in [3.8, 4) is 0 Å². The van der Waals surface area contributed by atoms with Crippen LogP contribution in [0.1, 0.15) is 23.0 Å². The fraction of sp³-hybridized carbons (Fsp3) is 0.150. The third-order valence-corrected chi connectivity index (χ3v) is 4.18. The van der Waals surface area contributed by atoms with Crippen LogP contribution in [0.15, 0.2) is 62.2 Å². The van der Waals surface area contributed by atoms with Crippen LogP contribution in [0.25, 0.3) is 11.0 Å². The molecule has 0 aliphatic carbocycles. The zero-order valence-electron chi connectivity index (χ0n) is 14.9. The van der Waals surface area contributed by atoms with Crippen molar-refractivity contribution in [1.29, 1.82) is 0 Å². The van der Waals surface area contributed by atoms with E-state index < -0.39 is 17.5 Å². The molecule has 2 aromatic carbocycles. The van der Waals surface area contributed by atoms with Gasteiger partial charge in [0.25, 0.3) is 0 Å². The predicted octanol–water partition coefficient (Wildman–Crippen LogP) is 4.48. The van der Waals surface area contributed by atoms with Crippen molar-refractivity contribution in [3.63, 3.8) is 0 Å². The van der Waals surface area contributed by atoms with Gasteiger partial charge in [0.15, 0.2) is 11.0 Å². The highest BCUT2D eigenvalue weighted by Gasteiger charge is 2.17. The molecule has 144 valence electrons. The first kappa shape index (κ1) is 19.6. The molecular weight excluding hydrogens is 430 g/mol. The zero-order valence-corrected chi connectivity index (χ0v) is 16.4. The molecule has 1 heterocycles. The van der Waals surface area contributed by atoms with Crippen LogP contribution in [0.2, 0.25) is 0 Å². The number of carbonyl (C=O) groups is 2. The number of carbonyl (C=O) groups excluding carboxylic acids is 2. The lowest BCUT2D eigenvalue weighted by atomic mass is 10.2. The molecule has 0 saturated carbocycles. The highest BCUT2D eigenvalue weighted by atomic mass is 79.9. The Morgan fingerprint density at radius 2 is 1.86 bits per heavy atom. The Morgan fingerprint density at radius 1 is 1.11 bits per heavy atom. The van der Waals surface area contributed by atoms with Crippen molar-refractivity contribution < 1.29 is 23.5 Å². The van der Waals surface area contributed by atoms with E-state index in [1.54, 1.807) is 13.0 Å². The van der Waals surface area contributed by atoms with Gasteiger partial charge in [0.05, 0.1) is 17.7 Å². The number of halogens is 1. The van der Waals surface area contributed by atoms with Crippen molar-refractivity contribution in [2.45, 2.75) is 13.5 Å². The maximum absolute atomic E-state index is 12.4. The smallest absolute Gasteiger partial charge is 0.412 e. The summed E-state index contributed by atoms with van der Waals surface area (Å²) in [7, 11) is 0. The van der Waals surface area contributed by atoms with Gasteiger partial charge in [0.1, 0.15) is 6.61 Å². The molecule has 0 radical (unpaired) electrons. The largest absolute Gasteiger partial charge is 0.460 e. The highest BCUT2D eigenvalue weighted by Crippen LogP contribution is 2.28. The molecular formula is C20H16BrNO6. The van der Waals surface area contributed by atoms with Crippen LogP contribution in [0.3, 0.4) is 0 Å². The van der Waals surface area contributed by atoms with Gasteiger partial charge in [0.2, 0.25) is 5.76 Å². The molecule has 0 aliphatic heterocycles. The fourth-order valence-corrected chi connectivity index (χ4v) is 2.95. The van der Waals surface area contributed by atoms with Gasteiger partial charge in [-0.1, -0.05) is 46.3 Å². The zero-order chi connectivity index (χ0) is 20.1. The van der Waals surface area contributed by atoms with Gasteiger partial charge in [-0.15, -0.1) is 0 Å². The van der Waals surface area contributed by atoms with Gasteiger partial charge in [-0.3, -0.25) is 10.1 Å². The van der Waals surface area contributed by atoms with E-state index in [2.05, 4.69) is 21.2 Å². The highest BCUT2D eigenvalue weighted by molar-refractivity contribution is 9.10. The lowest BCUT2D eigenvalue weighted by Gasteiger charge is -2.10. The summed E-state index contributed by atoms with van der Waals surface area (Å²) in [6.45, 7) is 1.86. The summed E-state index contributed by atoms with van der Waals surface area (Å²) in [5.41, 5.74) is 0.625. The molecule has 0 unspecified atom stereocenters. The maximum Gasteiger partial charge on any atom is 0.412 e. The quantitative estimate of drug-likeness (QED) is 0.581. The van der Waals surface area contributed by atoms with Gasteiger partial charge in [-0.2, -0.15) is 0 Å². The Hall–Kier alpha value is -3.13. The number of amides is 1. The molecule has 0 aliphatic rings. The molecule has 0 spiro atoms. The average Bonchev–Trinajstić information content (AvgIpc) is 2.68. The summed E-state index contributed by atoms with van der Waals surface area (Å²) in [6, 6.07) is 13.3. The summed E-state index contributed by atoms with van der Waals surface area (Å²) in [5.74, 6) is -1.01. The summed E-state index contributed by atoms with van der Waals surface area (Å²) in [4.78, 5) is 36.5. The Morgan fingerprint density at radius 3 is 2.57 bits per heavy atom. The molecule has 0 bridgehead atoms. The molecule has 7 nitrogen and oxygen atoms in total. The molecule has 8 heteroatoms. The molecule has 1 N–H and O–H groups in total. The van der Waals surface area contributed by atoms with E-state index in [1.165, 1.54) is 6.07 Å². The van der Waals surface area contributed by atoms with Gasteiger partial charge in [-0.25, -0.2) is 9.59 Å². The molecule has 3 rings (SSSR count). The standard InChI is InChI=1S/C20H16BrNO6/c1-2-26-19(24)17-10-16(23)14-8-13(21)9-15(18(14)28-17)22-20(25)27-11-12-6-4-3-5-7-12/h3-10H,2,11H2,1H3,(H,22,25). The Labute approximate surface area is 168 Å². The first-order valence-corrected chi connectivity index (χ1v) is 9.19. The number of anilines is 1. The summed E-state index contributed by atoms with van der Waals surface area (Å²) in [5, 5.41) is 2.74. The monoisotopic (exact) mass is 445 g/mol. The van der Waals surface area contributed by atoms with Crippen LogP contribution < -0.4 is 10.7 Å². The van der Waals surface area contributed by atoms with E-state index in [9.17, 15) is 14.4 Å². The van der Waals surface area contributed by atoms with Crippen molar-refractivity contribution >= 4 is 44.6 Å². The number of benzene rings is 2. The van der Waals surface area contributed by atoms with Crippen molar-refractivity contribution in [2.24, 2.45) is 0 Å². The lowest BCUT2D eigenvalue weighted by molar-refractivity contribution is 0.0490. The van der Waals surface area contributed by atoms with Crippen molar-refractivity contribution in [1.82, 2.24) is 0 Å². The van der Waals surface area contributed by atoms with Gasteiger partial charge >= 0.3 is 12.1 Å². The number of nitrogens with one attached hydrogen (secondary N) is 1. The average molecular weight is 446 g/mol. The molecule has 1 aromatic heterocycles. The number of esters is 1. The molecule has 1 amide bonds. The molecule has 0 fully saturated rings. The van der Waals surface area contributed by atoms with Crippen molar-refractivity contribution in [2.75, 3.05) is 11.9 Å². The second-order valence-electron chi connectivity index (χ2n) is 5.71. The van der Waals surface area contributed by atoms with E-state index in [4.69, 9.17) is 13.9 Å². The first-order valence-electron chi connectivity index (χ1n) is 8.40. The summed E-state index contributed by atoms with van der Waals surface area (Å²) in [6.07, 6.45) is -0.729. The Balaban J connectivity index is 1.89. The third kappa shape index (κ3) is 4.58. The number of hydrogen-bond acceptors (Lipinski definition) is 6. The second-order valence-corrected chi connectivity index (χ2v) is 6.63. The number of fused-ring (bicyclic) bond motifs is 1. The minimum Gasteiger partial charge on any atom is -0.460 e. The molecule has 28 heavy (non-hydrogen) atoms. The van der Waals surface area contributed by atoms with Gasteiger partial charge in [-0.05, 0) is 24.6 Å². The maximum atomic E-state index is 12.4. The SMILES string of the molecule is CCOC(=O)c1cc(=O)c2cc(Br)cc(NC(=O)OCc3ccccc3)c2o1. The number of hydrogen-bond donors (Lipinski definition) is 1. The lowest BCUT2D eigenvalue weighted by Crippen LogP contribution is -2.15. The predicted molar refractivity (Wildman–Crippen MR) is 106 cm³/mol. The minimum absolute atomic E-state index is 0.0513. The van der Waals surface area contributed by atoms with E-state index in [-0.39, 0.29) is 35.6 Å². The summed E-state index contributed by atoms with van der Waals surface area (Å²) < 4.78 is 16.2. The fourth-order valence-electron chi connectivity index (χ4n) is 2.49. The van der Waals surface area contributed by atoms with E-state index in [0.29, 0.717) is 4.47 Å². The van der Waals surface area contributed by atoms with Crippen LogP contribution in [-0.2, 0) is 16.1 Å². The second kappa shape index (κ2) is 8.71. The van der Waals surface area contributed by atoms with E-state index in [1.807, 2.05) is 30.3 Å².